The molecule has 1 aliphatic rings. The molecule has 1 heterocycles. The van der Waals surface area contributed by atoms with Crippen LogP contribution in [0.1, 0.15) is 12.5 Å². The van der Waals surface area contributed by atoms with Crippen LogP contribution < -0.4 is 18.9 Å². The zero-order valence-electron chi connectivity index (χ0n) is 13.5. The summed E-state index contributed by atoms with van der Waals surface area (Å²) in [5.74, 6) is 1.70. The summed E-state index contributed by atoms with van der Waals surface area (Å²) in [6, 6.07) is 9.95. The van der Waals surface area contributed by atoms with Crippen molar-refractivity contribution in [2.45, 2.75) is 18.7 Å². The van der Waals surface area contributed by atoms with Gasteiger partial charge in [0.05, 0.1) is 11.5 Å². The molecule has 0 aromatic heterocycles. The zero-order chi connectivity index (χ0) is 17.2. The van der Waals surface area contributed by atoms with Crippen LogP contribution in [0.25, 0.3) is 0 Å². The van der Waals surface area contributed by atoms with Gasteiger partial charge in [0.25, 0.3) is 10.0 Å². The van der Waals surface area contributed by atoms with E-state index in [4.69, 9.17) is 14.2 Å². The van der Waals surface area contributed by atoms with Gasteiger partial charge in [-0.2, -0.15) is 0 Å². The number of hydrogen-bond donors (Lipinski definition) is 1. The lowest BCUT2D eigenvalue weighted by molar-refractivity contribution is 0.171. The van der Waals surface area contributed by atoms with Crippen molar-refractivity contribution in [3.8, 4) is 17.2 Å². The smallest absolute Gasteiger partial charge is 0.262 e. The second kappa shape index (κ2) is 6.60. The third-order valence-electron chi connectivity index (χ3n) is 3.55. The van der Waals surface area contributed by atoms with Gasteiger partial charge in [0.15, 0.2) is 11.5 Å². The van der Waals surface area contributed by atoms with E-state index in [2.05, 4.69) is 4.72 Å². The Kier molecular flexibility index (Phi) is 4.53. The van der Waals surface area contributed by atoms with Crippen LogP contribution in [-0.2, 0) is 10.0 Å². The number of ether oxygens (including phenoxy) is 3. The second-order valence-electron chi connectivity index (χ2n) is 5.32. The van der Waals surface area contributed by atoms with E-state index in [0.29, 0.717) is 48.3 Å². The van der Waals surface area contributed by atoms with Crippen LogP contribution in [0.15, 0.2) is 41.3 Å². The molecule has 0 fully saturated rings. The summed E-state index contributed by atoms with van der Waals surface area (Å²) in [5.41, 5.74) is 1.06. The number of sulfonamides is 1. The largest absolute Gasteiger partial charge is 0.494 e. The van der Waals surface area contributed by atoms with Crippen molar-refractivity contribution in [2.75, 3.05) is 24.5 Å². The number of anilines is 1. The Bertz CT molecular complexity index is 831. The molecular formula is C17H19NO5S. The Hall–Kier alpha value is -2.41. The minimum absolute atomic E-state index is 0.167. The molecule has 128 valence electrons. The first-order valence-electron chi connectivity index (χ1n) is 7.65. The van der Waals surface area contributed by atoms with Crippen molar-refractivity contribution in [3.05, 3.63) is 42.0 Å². The SMILES string of the molecule is CCOc1ccc(NS(=O)(=O)c2cc3c(cc2C)OCCO3)cc1. The fourth-order valence-corrected chi connectivity index (χ4v) is 3.76. The van der Waals surface area contributed by atoms with E-state index in [1.165, 1.54) is 6.07 Å². The van der Waals surface area contributed by atoms with E-state index >= 15 is 0 Å². The number of nitrogens with one attached hydrogen (secondary N) is 1. The van der Waals surface area contributed by atoms with Crippen molar-refractivity contribution in [1.82, 2.24) is 0 Å². The van der Waals surface area contributed by atoms with Crippen LogP contribution in [0.2, 0.25) is 0 Å². The fourth-order valence-electron chi connectivity index (χ4n) is 2.46. The van der Waals surface area contributed by atoms with E-state index in [-0.39, 0.29) is 4.90 Å². The van der Waals surface area contributed by atoms with Gasteiger partial charge in [-0.05, 0) is 49.7 Å². The normalized spacial score (nSPS) is 13.4. The van der Waals surface area contributed by atoms with Crippen LogP contribution in [0.3, 0.4) is 0 Å². The van der Waals surface area contributed by atoms with Gasteiger partial charge in [0.2, 0.25) is 0 Å². The van der Waals surface area contributed by atoms with E-state index in [9.17, 15) is 8.42 Å². The fraction of sp³-hybridized carbons (Fsp3) is 0.294. The van der Waals surface area contributed by atoms with Crippen LogP contribution in [0, 0.1) is 6.92 Å². The van der Waals surface area contributed by atoms with Gasteiger partial charge in [0, 0.05) is 11.8 Å². The standard InChI is InChI=1S/C17H19NO5S/c1-3-21-14-6-4-13(5-7-14)18-24(19,20)17-11-16-15(10-12(17)2)22-8-9-23-16/h4-7,10-11,18H,3,8-9H2,1-2H3. The first-order valence-corrected chi connectivity index (χ1v) is 9.14. The number of rotatable bonds is 5. The van der Waals surface area contributed by atoms with Gasteiger partial charge in [-0.25, -0.2) is 8.42 Å². The van der Waals surface area contributed by atoms with Crippen LogP contribution in [0.5, 0.6) is 17.2 Å². The molecule has 2 aromatic carbocycles. The second-order valence-corrected chi connectivity index (χ2v) is 6.98. The number of hydrogen-bond acceptors (Lipinski definition) is 5. The highest BCUT2D eigenvalue weighted by Gasteiger charge is 2.22. The number of benzene rings is 2. The average molecular weight is 349 g/mol. The van der Waals surface area contributed by atoms with Gasteiger partial charge < -0.3 is 14.2 Å². The molecule has 0 spiro atoms. The minimum atomic E-state index is -3.73. The maximum Gasteiger partial charge on any atom is 0.262 e. The molecule has 0 amide bonds. The Balaban J connectivity index is 1.87. The van der Waals surface area contributed by atoms with E-state index in [1.54, 1.807) is 37.3 Å². The number of aryl methyl sites for hydroxylation is 1. The first kappa shape index (κ1) is 16.4. The zero-order valence-corrected chi connectivity index (χ0v) is 14.4. The van der Waals surface area contributed by atoms with Gasteiger partial charge >= 0.3 is 0 Å². The van der Waals surface area contributed by atoms with Crippen molar-refractivity contribution < 1.29 is 22.6 Å². The minimum Gasteiger partial charge on any atom is -0.494 e. The molecular weight excluding hydrogens is 330 g/mol. The highest BCUT2D eigenvalue weighted by Crippen LogP contribution is 2.35. The number of fused-ring (bicyclic) bond motifs is 1. The summed E-state index contributed by atoms with van der Waals surface area (Å²) in [6.07, 6.45) is 0. The average Bonchev–Trinajstić information content (AvgIpc) is 2.56. The van der Waals surface area contributed by atoms with Gasteiger partial charge in [0.1, 0.15) is 19.0 Å². The summed E-state index contributed by atoms with van der Waals surface area (Å²) in [7, 11) is -3.73. The van der Waals surface area contributed by atoms with Crippen molar-refractivity contribution in [1.29, 1.82) is 0 Å². The molecule has 0 unspecified atom stereocenters. The molecule has 0 saturated heterocycles. The van der Waals surface area contributed by atoms with Crippen molar-refractivity contribution in [3.63, 3.8) is 0 Å². The van der Waals surface area contributed by atoms with E-state index in [0.717, 1.165) is 0 Å². The Morgan fingerprint density at radius 3 is 2.33 bits per heavy atom. The lowest BCUT2D eigenvalue weighted by atomic mass is 10.2. The maximum absolute atomic E-state index is 12.7. The maximum atomic E-state index is 12.7. The van der Waals surface area contributed by atoms with Gasteiger partial charge in [-0.3, -0.25) is 4.72 Å². The summed E-state index contributed by atoms with van der Waals surface area (Å²) in [4.78, 5) is 0.167. The summed E-state index contributed by atoms with van der Waals surface area (Å²) in [5, 5.41) is 0. The summed E-state index contributed by atoms with van der Waals surface area (Å²) >= 11 is 0. The predicted molar refractivity (Wildman–Crippen MR) is 90.6 cm³/mol. The highest BCUT2D eigenvalue weighted by molar-refractivity contribution is 7.92. The molecule has 0 bridgehead atoms. The Morgan fingerprint density at radius 1 is 1.08 bits per heavy atom. The molecule has 0 saturated carbocycles. The first-order chi connectivity index (χ1) is 11.5. The molecule has 1 N–H and O–H groups in total. The molecule has 7 heteroatoms. The van der Waals surface area contributed by atoms with Crippen LogP contribution in [0.4, 0.5) is 5.69 Å². The highest BCUT2D eigenvalue weighted by atomic mass is 32.2. The summed E-state index contributed by atoms with van der Waals surface area (Å²) < 4.78 is 44.2. The quantitative estimate of drug-likeness (QED) is 0.898. The Labute approximate surface area is 141 Å². The van der Waals surface area contributed by atoms with Crippen LogP contribution in [-0.4, -0.2) is 28.2 Å². The van der Waals surface area contributed by atoms with E-state index in [1.807, 2.05) is 6.92 Å². The lowest BCUT2D eigenvalue weighted by Gasteiger charge is -2.20. The van der Waals surface area contributed by atoms with Crippen LogP contribution >= 0.6 is 0 Å². The molecule has 1 aliphatic heterocycles. The molecule has 24 heavy (non-hydrogen) atoms. The lowest BCUT2D eigenvalue weighted by Crippen LogP contribution is -2.18. The molecule has 0 atom stereocenters. The third-order valence-corrected chi connectivity index (χ3v) is 5.07. The van der Waals surface area contributed by atoms with Crippen molar-refractivity contribution in [2.24, 2.45) is 0 Å². The predicted octanol–water partition coefficient (Wildman–Crippen LogP) is 2.97. The molecule has 0 aliphatic carbocycles. The Morgan fingerprint density at radius 2 is 1.71 bits per heavy atom. The third kappa shape index (κ3) is 3.41. The molecule has 6 nitrogen and oxygen atoms in total. The van der Waals surface area contributed by atoms with E-state index < -0.39 is 10.0 Å². The monoisotopic (exact) mass is 349 g/mol. The molecule has 3 rings (SSSR count). The van der Waals surface area contributed by atoms with Crippen molar-refractivity contribution >= 4 is 15.7 Å². The topological polar surface area (TPSA) is 73.9 Å². The van der Waals surface area contributed by atoms with Gasteiger partial charge in [-0.15, -0.1) is 0 Å². The van der Waals surface area contributed by atoms with Gasteiger partial charge in [-0.1, -0.05) is 0 Å². The molecule has 2 aromatic rings. The molecule has 0 radical (unpaired) electrons. The summed E-state index contributed by atoms with van der Waals surface area (Å²) in [6.45, 7) is 5.04.